The molecular formula is C13H12N2O3. The molecule has 0 amide bonds. The Balaban J connectivity index is 2.07. The van der Waals surface area contributed by atoms with Gasteiger partial charge in [0.1, 0.15) is 18.0 Å². The van der Waals surface area contributed by atoms with Crippen LogP contribution in [0.5, 0.6) is 5.75 Å². The molecule has 2 rings (SSSR count). The number of hydrogen-bond donors (Lipinski definition) is 1. The van der Waals surface area contributed by atoms with Crippen LogP contribution in [0.2, 0.25) is 0 Å². The maximum absolute atomic E-state index is 10.4. The molecule has 2 aromatic carbocycles. The Morgan fingerprint density at radius 1 is 1.06 bits per heavy atom. The SMILES string of the molecule is O=[N+]([O-])Nc1ccccc1OCc1ccccc1. The van der Waals surface area contributed by atoms with Crippen molar-refractivity contribution in [2.75, 3.05) is 5.43 Å². The molecule has 5 heteroatoms. The van der Waals surface area contributed by atoms with Gasteiger partial charge in [-0.3, -0.25) is 0 Å². The van der Waals surface area contributed by atoms with E-state index in [4.69, 9.17) is 4.74 Å². The summed E-state index contributed by atoms with van der Waals surface area (Å²) < 4.78 is 5.56. The molecule has 0 spiro atoms. The topological polar surface area (TPSA) is 64.4 Å². The van der Waals surface area contributed by atoms with Gasteiger partial charge in [-0.1, -0.05) is 42.5 Å². The summed E-state index contributed by atoms with van der Waals surface area (Å²) >= 11 is 0. The highest BCUT2D eigenvalue weighted by molar-refractivity contribution is 5.54. The van der Waals surface area contributed by atoms with Crippen LogP contribution in [0.25, 0.3) is 0 Å². The Bertz CT molecular complexity index is 529. The monoisotopic (exact) mass is 244 g/mol. The average Bonchev–Trinajstić information content (AvgIpc) is 2.38. The molecule has 0 radical (unpaired) electrons. The molecule has 0 atom stereocenters. The van der Waals surface area contributed by atoms with Gasteiger partial charge in [0, 0.05) is 0 Å². The lowest BCUT2D eigenvalue weighted by Crippen LogP contribution is -2.09. The van der Waals surface area contributed by atoms with Crippen molar-refractivity contribution in [3.8, 4) is 5.75 Å². The van der Waals surface area contributed by atoms with E-state index in [1.54, 1.807) is 24.3 Å². The smallest absolute Gasteiger partial charge is 0.162 e. The number of nitrogens with one attached hydrogen (secondary N) is 1. The number of hydrogen-bond acceptors (Lipinski definition) is 3. The fourth-order valence-corrected chi connectivity index (χ4v) is 1.52. The van der Waals surface area contributed by atoms with Crippen LogP contribution < -0.4 is 10.2 Å². The highest BCUT2D eigenvalue weighted by Gasteiger charge is 2.07. The van der Waals surface area contributed by atoms with Gasteiger partial charge in [0.25, 0.3) is 0 Å². The van der Waals surface area contributed by atoms with Crippen LogP contribution in [0, 0.1) is 10.1 Å². The minimum atomic E-state index is -0.606. The Labute approximate surface area is 104 Å². The second-order valence-electron chi connectivity index (χ2n) is 3.64. The largest absolute Gasteiger partial charge is 0.487 e. The minimum Gasteiger partial charge on any atom is -0.487 e. The zero-order valence-electron chi connectivity index (χ0n) is 9.58. The van der Waals surface area contributed by atoms with Crippen LogP contribution in [0.1, 0.15) is 5.56 Å². The number of nitro groups is 1. The van der Waals surface area contributed by atoms with Gasteiger partial charge in [0.2, 0.25) is 0 Å². The lowest BCUT2D eigenvalue weighted by atomic mass is 10.2. The van der Waals surface area contributed by atoms with Crippen molar-refractivity contribution in [2.45, 2.75) is 6.61 Å². The number of benzene rings is 2. The van der Waals surface area contributed by atoms with E-state index in [1.165, 1.54) is 0 Å². The van der Waals surface area contributed by atoms with Crippen molar-refractivity contribution >= 4 is 5.69 Å². The maximum atomic E-state index is 10.4. The number of rotatable bonds is 5. The standard InChI is InChI=1S/C13H12N2O3/c16-15(17)14-12-8-4-5-9-13(12)18-10-11-6-2-1-3-7-11/h1-9,14H,10H2. The quantitative estimate of drug-likeness (QED) is 0.648. The van der Waals surface area contributed by atoms with Crippen molar-refractivity contribution in [1.29, 1.82) is 0 Å². The minimum absolute atomic E-state index is 0.346. The van der Waals surface area contributed by atoms with Crippen LogP contribution in [0.3, 0.4) is 0 Å². The lowest BCUT2D eigenvalue weighted by molar-refractivity contribution is -0.445. The van der Waals surface area contributed by atoms with Gasteiger partial charge in [-0.15, -0.1) is 5.43 Å². The number of para-hydroxylation sites is 2. The molecule has 0 aliphatic rings. The summed E-state index contributed by atoms with van der Waals surface area (Å²) in [7, 11) is 0. The molecule has 5 nitrogen and oxygen atoms in total. The first-order valence-electron chi connectivity index (χ1n) is 5.42. The van der Waals surface area contributed by atoms with Gasteiger partial charge in [-0.25, -0.2) is 10.1 Å². The van der Waals surface area contributed by atoms with Gasteiger partial charge >= 0.3 is 0 Å². The number of ether oxygens (including phenoxy) is 1. The van der Waals surface area contributed by atoms with Crippen LogP contribution in [0.4, 0.5) is 5.69 Å². The summed E-state index contributed by atoms with van der Waals surface area (Å²) in [4.78, 5) is 10.4. The third-order valence-electron chi connectivity index (χ3n) is 2.34. The Hall–Kier alpha value is -2.56. The fourth-order valence-electron chi connectivity index (χ4n) is 1.52. The zero-order valence-corrected chi connectivity index (χ0v) is 9.58. The molecule has 92 valence electrons. The number of nitrogens with zero attached hydrogens (tertiary/aromatic N) is 1. The van der Waals surface area contributed by atoms with E-state index in [2.05, 4.69) is 5.43 Å². The van der Waals surface area contributed by atoms with Crippen LogP contribution in [-0.2, 0) is 6.61 Å². The van der Waals surface area contributed by atoms with Gasteiger partial charge in [-0.05, 0) is 17.7 Å². The van der Waals surface area contributed by atoms with Crippen LogP contribution in [0.15, 0.2) is 54.6 Å². The third-order valence-corrected chi connectivity index (χ3v) is 2.34. The molecular weight excluding hydrogens is 232 g/mol. The van der Waals surface area contributed by atoms with Crippen molar-refractivity contribution in [3.63, 3.8) is 0 Å². The van der Waals surface area contributed by atoms with E-state index >= 15 is 0 Å². The van der Waals surface area contributed by atoms with E-state index in [0.29, 0.717) is 18.0 Å². The zero-order chi connectivity index (χ0) is 12.8. The summed E-state index contributed by atoms with van der Waals surface area (Å²) in [6.07, 6.45) is 0. The average molecular weight is 244 g/mol. The Morgan fingerprint density at radius 2 is 1.72 bits per heavy atom. The van der Waals surface area contributed by atoms with Gasteiger partial charge in [0.05, 0.1) is 0 Å². The predicted octanol–water partition coefficient (Wildman–Crippen LogP) is 2.87. The molecule has 0 aromatic heterocycles. The van der Waals surface area contributed by atoms with Crippen molar-refractivity contribution in [1.82, 2.24) is 0 Å². The third kappa shape index (κ3) is 3.21. The van der Waals surface area contributed by atoms with Gasteiger partial charge in [-0.2, -0.15) is 0 Å². The van der Waals surface area contributed by atoms with Gasteiger partial charge < -0.3 is 4.74 Å². The molecule has 0 unspecified atom stereocenters. The molecule has 0 aliphatic heterocycles. The number of hydrazine groups is 1. The second-order valence-corrected chi connectivity index (χ2v) is 3.64. The lowest BCUT2D eigenvalue weighted by Gasteiger charge is -2.09. The first-order valence-corrected chi connectivity index (χ1v) is 5.42. The Kier molecular flexibility index (Phi) is 3.76. The summed E-state index contributed by atoms with van der Waals surface area (Å²) in [6.45, 7) is 0.372. The molecule has 1 N–H and O–H groups in total. The Morgan fingerprint density at radius 3 is 2.44 bits per heavy atom. The van der Waals surface area contributed by atoms with E-state index in [-0.39, 0.29) is 0 Å². The second kappa shape index (κ2) is 5.67. The highest BCUT2D eigenvalue weighted by atomic mass is 16.7. The molecule has 0 heterocycles. The molecule has 0 bridgehead atoms. The summed E-state index contributed by atoms with van der Waals surface area (Å²) in [5.41, 5.74) is 3.46. The molecule has 0 saturated carbocycles. The van der Waals surface area contributed by atoms with Crippen LogP contribution in [-0.4, -0.2) is 5.03 Å². The van der Waals surface area contributed by atoms with Crippen molar-refractivity contribution in [3.05, 3.63) is 70.3 Å². The van der Waals surface area contributed by atoms with Crippen LogP contribution >= 0.6 is 0 Å². The maximum Gasteiger partial charge on any atom is 0.162 e. The molecule has 18 heavy (non-hydrogen) atoms. The van der Waals surface area contributed by atoms with Crippen molar-refractivity contribution in [2.24, 2.45) is 0 Å². The normalized spacial score (nSPS) is 9.78. The summed E-state index contributed by atoms with van der Waals surface area (Å²) in [6, 6.07) is 16.4. The first kappa shape index (κ1) is 11.9. The fraction of sp³-hybridized carbons (Fsp3) is 0.0769. The molecule has 0 fully saturated rings. The molecule has 2 aromatic rings. The molecule has 0 aliphatic carbocycles. The molecule has 0 saturated heterocycles. The van der Waals surface area contributed by atoms with E-state index in [1.807, 2.05) is 30.3 Å². The van der Waals surface area contributed by atoms with Crippen molar-refractivity contribution < 1.29 is 9.77 Å². The summed E-state index contributed by atoms with van der Waals surface area (Å²) in [5, 5.41) is 9.83. The van der Waals surface area contributed by atoms with E-state index < -0.39 is 5.03 Å². The van der Waals surface area contributed by atoms with E-state index in [9.17, 15) is 10.1 Å². The van der Waals surface area contributed by atoms with Gasteiger partial charge in [0.15, 0.2) is 5.03 Å². The van der Waals surface area contributed by atoms with E-state index in [0.717, 1.165) is 5.56 Å². The number of anilines is 1. The predicted molar refractivity (Wildman–Crippen MR) is 67.8 cm³/mol. The first-order chi connectivity index (χ1) is 8.75. The highest BCUT2D eigenvalue weighted by Crippen LogP contribution is 2.24. The summed E-state index contributed by atoms with van der Waals surface area (Å²) in [5.74, 6) is 0.457.